The number of hydrogen-bond donors (Lipinski definition) is 2. The van der Waals surface area contributed by atoms with Crippen molar-refractivity contribution in [2.75, 3.05) is 86.1 Å². The molecule has 0 unspecified atom stereocenters. The second-order valence-corrected chi connectivity index (χ2v) is 40.0. The molecule has 38 heteroatoms. The first-order valence-electron chi connectivity index (χ1n) is 52.4. The number of piperidine rings is 5. The molecule has 0 bridgehead atoms. The lowest BCUT2D eigenvalue weighted by molar-refractivity contribution is 0.220. The number of pyridine rings is 2. The van der Waals surface area contributed by atoms with Crippen LogP contribution in [0.4, 0.5) is 0 Å². The molecule has 25 rings (SSSR count). The summed E-state index contributed by atoms with van der Waals surface area (Å²) in [5, 5.41) is 30.0. The van der Waals surface area contributed by atoms with Crippen LogP contribution in [0.25, 0.3) is 113 Å². The summed E-state index contributed by atoms with van der Waals surface area (Å²) in [6, 6.07) is 25.7. The Morgan fingerprint density at radius 2 is 0.510 bits per heavy atom. The molecule has 0 amide bonds. The average Bonchev–Trinajstić information content (AvgIpc) is 1.76. The average molecular weight is 2000 g/mol. The number of aromatic nitrogens is 28. The quantitative estimate of drug-likeness (QED) is 0.0907. The fourth-order valence-corrected chi connectivity index (χ4v) is 21.4. The zero-order valence-electron chi connectivity index (χ0n) is 86.8. The molecule has 0 atom stereocenters. The van der Waals surface area contributed by atoms with Crippen molar-refractivity contribution in [3.05, 3.63) is 302 Å². The van der Waals surface area contributed by atoms with Gasteiger partial charge in [0, 0.05) is 79.1 Å². The van der Waals surface area contributed by atoms with Gasteiger partial charge in [0.25, 0.3) is 27.8 Å². The van der Waals surface area contributed by atoms with E-state index in [4.69, 9.17) is 9.97 Å². The molecule has 2 N–H and O–H groups in total. The first-order chi connectivity index (χ1) is 72.3. The molecule has 0 radical (unpaired) electrons. The predicted molar refractivity (Wildman–Crippen MR) is 574 cm³/mol. The molecule has 0 aromatic carbocycles. The molecule has 0 saturated carbocycles. The van der Waals surface area contributed by atoms with Crippen molar-refractivity contribution >= 4 is 55.8 Å². The first kappa shape index (κ1) is 99.5. The third-order valence-electron chi connectivity index (χ3n) is 29.7. The molecule has 0 aliphatic carbocycles. The van der Waals surface area contributed by atoms with Crippen molar-refractivity contribution in [2.45, 2.75) is 202 Å². The molecular formula is C111H125N33O5. The Labute approximate surface area is 858 Å². The monoisotopic (exact) mass is 2000 g/mol. The van der Waals surface area contributed by atoms with Gasteiger partial charge in [-0.1, -0.05) is 53.7 Å². The molecular weight excluding hydrogens is 1880 g/mol. The zero-order chi connectivity index (χ0) is 103. The van der Waals surface area contributed by atoms with E-state index in [9.17, 15) is 24.0 Å². The number of aryl methyl sites for hydroxylation is 10. The van der Waals surface area contributed by atoms with Gasteiger partial charge in [0.15, 0.2) is 16.9 Å². The standard InChI is InChI=1S/C23H27N7O.C23H26N6O.C22H25N7O.C22H24N6O.C21H23N7O/c1-4-17-21-10-19(27-30(21)13-15(3)25-17)18-11-23(31)29-14-20(24-12-22(29)26-18)16-6-8-28(5-2)9-7-16;1-4-18-21-11-20(26-29(21)13-15(2)24-18)19-12-23(30)28-14-17(5-6-22(28)25-19)16-7-9-27(3)10-8-16;1-4-16-20-9-18(26-29(20)12-14(2)24-16)17-10-22(30)28-13-19(23-11-21(28)25-17)15-5-7-27(3)8-6-15;1-3-17-20-10-19(26-28(20)12-14(2)24-17)18-11-22(29)27-13-16(4-5-21(27)25-18)15-6-8-23-9-7-15;1-3-15-19-8-17(26-28(19)11-13(2)24-15)16-9-21(29)27-12-18(23-10-20(27)25-16)14-4-6-22-7-5-14/h10-14,16H,4-9H2,1-3H3;5-6,11-14,16H,4,7-10H2,1-3H3;9-13,15H,4-8H2,1-3H3;4-5,10-13,15,23H,3,6-9H2,1-2H3;8-12,14,22H,3-7H2,1-2H3. The molecule has 149 heavy (non-hydrogen) atoms. The van der Waals surface area contributed by atoms with Gasteiger partial charge in [-0.25, -0.2) is 47.5 Å². The van der Waals surface area contributed by atoms with Crippen molar-refractivity contribution in [3.8, 4) is 56.9 Å². The molecule has 764 valence electrons. The topological polar surface area (TPSA) is 395 Å². The van der Waals surface area contributed by atoms with Crippen molar-refractivity contribution in [2.24, 2.45) is 0 Å². The van der Waals surface area contributed by atoms with Crippen LogP contribution in [0.5, 0.6) is 0 Å². The van der Waals surface area contributed by atoms with Crippen molar-refractivity contribution in [1.29, 1.82) is 0 Å². The smallest absolute Gasteiger partial charge is 0.258 e. The van der Waals surface area contributed by atoms with Crippen LogP contribution in [-0.2, 0) is 32.1 Å². The van der Waals surface area contributed by atoms with Crippen LogP contribution in [0.3, 0.4) is 0 Å². The Kier molecular flexibility index (Phi) is 28.5. The van der Waals surface area contributed by atoms with E-state index in [0.29, 0.717) is 115 Å². The molecule has 5 saturated heterocycles. The lowest BCUT2D eigenvalue weighted by atomic mass is 9.91. The van der Waals surface area contributed by atoms with Gasteiger partial charge in [-0.3, -0.25) is 85.8 Å². The first-order valence-corrected chi connectivity index (χ1v) is 52.4. The number of hydrogen-bond acceptors (Lipinski definition) is 28. The Morgan fingerprint density at radius 3 is 0.785 bits per heavy atom. The second-order valence-electron chi connectivity index (χ2n) is 40.0. The van der Waals surface area contributed by atoms with Gasteiger partial charge in [-0.15, -0.1) is 0 Å². The van der Waals surface area contributed by atoms with Crippen molar-refractivity contribution < 1.29 is 0 Å². The summed E-state index contributed by atoms with van der Waals surface area (Å²) in [4.78, 5) is 132. The lowest BCUT2D eigenvalue weighted by Gasteiger charge is -2.30. The van der Waals surface area contributed by atoms with Crippen LogP contribution in [-0.4, -0.2) is 236 Å². The summed E-state index contributed by atoms with van der Waals surface area (Å²) in [6.07, 6.45) is 38.9. The van der Waals surface area contributed by atoms with E-state index in [1.54, 1.807) is 70.9 Å². The second kappa shape index (κ2) is 42.7. The van der Waals surface area contributed by atoms with E-state index in [1.807, 2.05) is 162 Å². The predicted octanol–water partition coefficient (Wildman–Crippen LogP) is 13.3. The Hall–Kier alpha value is -15.5. The Balaban J connectivity index is 0.000000109. The molecule has 38 nitrogen and oxygen atoms in total. The van der Waals surface area contributed by atoms with E-state index in [0.717, 1.165) is 270 Å². The van der Waals surface area contributed by atoms with Gasteiger partial charge in [0.2, 0.25) is 0 Å². The third kappa shape index (κ3) is 21.0. The minimum atomic E-state index is -0.121. The molecule has 0 spiro atoms. The lowest BCUT2D eigenvalue weighted by Crippen LogP contribution is -2.33. The van der Waals surface area contributed by atoms with E-state index < -0.39 is 0 Å². The number of likely N-dealkylation sites (tertiary alicyclic amines) is 3. The van der Waals surface area contributed by atoms with E-state index >= 15 is 0 Å². The fourth-order valence-electron chi connectivity index (χ4n) is 21.4. The third-order valence-corrected chi connectivity index (χ3v) is 29.7. The summed E-state index contributed by atoms with van der Waals surface area (Å²) < 4.78 is 17.2. The maximum Gasteiger partial charge on any atom is 0.258 e. The molecule has 25 heterocycles. The fraction of sp³-hybridized carbons (Fsp3) is 0.396. The summed E-state index contributed by atoms with van der Waals surface area (Å²) in [7, 11) is 4.30. The van der Waals surface area contributed by atoms with Crippen LogP contribution >= 0.6 is 0 Å². The number of nitrogens with one attached hydrogen (secondary N) is 2. The Bertz CT molecular complexity index is 8390. The van der Waals surface area contributed by atoms with Gasteiger partial charge in [-0.05, 0) is 282 Å². The molecule has 20 aromatic rings. The maximum absolute atomic E-state index is 12.9. The van der Waals surface area contributed by atoms with Crippen LogP contribution in [0.1, 0.15) is 220 Å². The normalized spacial score (nSPS) is 15.7. The highest BCUT2D eigenvalue weighted by atomic mass is 16.1. The molecule has 5 aliphatic heterocycles. The highest BCUT2D eigenvalue weighted by molar-refractivity contribution is 5.72. The largest absolute Gasteiger partial charge is 0.317 e. The minimum absolute atomic E-state index is 0.0770. The maximum atomic E-state index is 12.9. The number of fused-ring (bicyclic) bond motifs is 10. The number of nitrogens with zero attached hydrogens (tertiary/aromatic N) is 31. The minimum Gasteiger partial charge on any atom is -0.317 e. The van der Waals surface area contributed by atoms with Crippen LogP contribution < -0.4 is 38.4 Å². The van der Waals surface area contributed by atoms with E-state index in [1.165, 1.54) is 11.1 Å². The molecule has 5 aliphatic rings. The van der Waals surface area contributed by atoms with Crippen molar-refractivity contribution in [1.82, 2.24) is 160 Å². The van der Waals surface area contributed by atoms with Gasteiger partial charge in [0.05, 0.1) is 180 Å². The Morgan fingerprint density at radius 1 is 0.268 bits per heavy atom. The summed E-state index contributed by atoms with van der Waals surface area (Å²) in [5.74, 6) is 2.15. The summed E-state index contributed by atoms with van der Waals surface area (Å²) in [5.41, 5.74) is 28.2. The zero-order valence-corrected chi connectivity index (χ0v) is 86.8. The molecule has 20 aromatic heterocycles. The highest BCUT2D eigenvalue weighted by Crippen LogP contribution is 2.35. The SMILES string of the molecule is CCc1nc(C)cn2nc(-c3cc(=O)n4cc(C5CCN(C)CC5)ccc4n3)cc12.CCc1nc(C)cn2nc(-c3cc(=O)n4cc(C5CCN(C)CC5)ncc4n3)cc12.CCc1nc(C)cn2nc(-c3cc(=O)n4cc(C5CCN(CC)CC5)ncc4n3)cc12.CCc1nc(C)cn2nc(-c3cc(=O)n4cc(C5CCNCC5)ccc4n3)cc12.CCc1nc(C)cn2nc(-c3cc(=O)n4cc(C5CCNCC5)ncc4n3)cc12. The van der Waals surface area contributed by atoms with E-state index in [-0.39, 0.29) is 27.8 Å². The van der Waals surface area contributed by atoms with Gasteiger partial charge >= 0.3 is 0 Å². The van der Waals surface area contributed by atoms with Gasteiger partial charge in [-0.2, -0.15) is 25.5 Å². The summed E-state index contributed by atoms with van der Waals surface area (Å²) in [6.45, 7) is 33.9. The summed E-state index contributed by atoms with van der Waals surface area (Å²) >= 11 is 0. The number of rotatable bonds is 16. The van der Waals surface area contributed by atoms with Crippen LogP contribution in [0.15, 0.2) is 189 Å². The van der Waals surface area contributed by atoms with Gasteiger partial charge in [0.1, 0.15) is 39.8 Å². The molecule has 5 fully saturated rings. The van der Waals surface area contributed by atoms with Gasteiger partial charge < -0.3 is 25.3 Å². The van der Waals surface area contributed by atoms with Crippen LogP contribution in [0.2, 0.25) is 0 Å². The van der Waals surface area contributed by atoms with E-state index in [2.05, 4.69) is 173 Å². The highest BCUT2D eigenvalue weighted by Gasteiger charge is 2.29. The van der Waals surface area contributed by atoms with Crippen LogP contribution in [0, 0.1) is 34.6 Å². The van der Waals surface area contributed by atoms with Crippen molar-refractivity contribution in [3.63, 3.8) is 0 Å².